The van der Waals surface area contributed by atoms with E-state index in [1.807, 2.05) is 6.92 Å². The van der Waals surface area contributed by atoms with Crippen LogP contribution in [0.4, 0.5) is 0 Å². The van der Waals surface area contributed by atoms with Crippen LogP contribution in [0.15, 0.2) is 23.0 Å². The lowest BCUT2D eigenvalue weighted by molar-refractivity contribution is -0.394. The van der Waals surface area contributed by atoms with Crippen molar-refractivity contribution in [2.24, 2.45) is 34.5 Å². The Balaban J connectivity index is 0.881. The summed E-state index contributed by atoms with van der Waals surface area (Å²) >= 11 is 0. The Morgan fingerprint density at radius 2 is 1.22 bits per heavy atom. The Kier molecular flexibility index (Phi) is 17.1. The molecule has 14 N–H and O–H groups in total. The second kappa shape index (κ2) is 22.1. The summed E-state index contributed by atoms with van der Waals surface area (Å²) in [6.07, 6.45) is -23.5. The first-order chi connectivity index (χ1) is 35.0. The lowest BCUT2D eigenvalue weighted by Crippen LogP contribution is -2.67. The van der Waals surface area contributed by atoms with E-state index in [1.54, 1.807) is 0 Å². The topological polar surface area (TPSA) is 366 Å². The first kappa shape index (κ1) is 57.1. The van der Waals surface area contributed by atoms with Gasteiger partial charge in [0.25, 0.3) is 0 Å². The summed E-state index contributed by atoms with van der Waals surface area (Å²) in [6.45, 7) is 8.18. The molecule has 0 radical (unpaired) electrons. The van der Waals surface area contributed by atoms with Gasteiger partial charge in [0.15, 0.2) is 25.2 Å². The summed E-state index contributed by atoms with van der Waals surface area (Å²) in [5.74, 6) is 1.02. The molecule has 74 heavy (non-hydrogen) atoms. The summed E-state index contributed by atoms with van der Waals surface area (Å²) in [5.41, 5.74) is 0.505. The molecular weight excluding hydrogens is 981 g/mol. The van der Waals surface area contributed by atoms with Gasteiger partial charge in [-0.2, -0.15) is 0 Å². The number of aliphatic hydroxyl groups is 14. The zero-order valence-corrected chi connectivity index (χ0v) is 42.7. The molecule has 0 aromatic carbocycles. The van der Waals surface area contributed by atoms with Gasteiger partial charge < -0.3 is 114 Å². The summed E-state index contributed by atoms with van der Waals surface area (Å²) in [4.78, 5) is 0. The van der Waals surface area contributed by atoms with Crippen molar-refractivity contribution in [2.45, 2.75) is 233 Å². The Morgan fingerprint density at radius 3 is 1.86 bits per heavy atom. The lowest BCUT2D eigenvalue weighted by atomic mass is 9.45. The number of fused-ring (bicyclic) bond motifs is 7. The molecule has 4 saturated heterocycles. The quantitative estimate of drug-likeness (QED) is 0.0730. The van der Waals surface area contributed by atoms with Crippen LogP contribution in [0, 0.1) is 34.5 Å². The Morgan fingerprint density at radius 1 is 0.649 bits per heavy atom. The number of aliphatic hydroxyl groups excluding tert-OH is 13. The molecule has 3 saturated carbocycles. The van der Waals surface area contributed by atoms with Gasteiger partial charge in [-0.05, 0) is 87.5 Å². The molecule has 4 aliphatic carbocycles. The summed E-state index contributed by atoms with van der Waals surface area (Å²) < 4.78 is 54.7. The number of rotatable bonds is 15. The van der Waals surface area contributed by atoms with Crippen LogP contribution >= 0.6 is 0 Å². The maximum Gasteiger partial charge on any atom is 0.187 e. The molecule has 0 bridgehead atoms. The first-order valence-electron chi connectivity index (χ1n) is 26.6. The molecule has 23 heteroatoms. The molecule has 0 amide bonds. The van der Waals surface area contributed by atoms with Crippen molar-refractivity contribution in [3.8, 4) is 0 Å². The van der Waals surface area contributed by atoms with E-state index in [9.17, 15) is 71.5 Å². The predicted octanol–water partition coefficient (Wildman–Crippen LogP) is -2.94. The van der Waals surface area contributed by atoms with E-state index in [0.717, 1.165) is 29.7 Å². The maximum absolute atomic E-state index is 13.1. The van der Waals surface area contributed by atoms with Crippen LogP contribution in [0.5, 0.6) is 0 Å². The van der Waals surface area contributed by atoms with E-state index in [4.69, 9.17) is 42.6 Å². The Hall–Kier alpha value is -1.60. The Labute approximate surface area is 430 Å². The molecule has 9 aliphatic rings. The molecule has 23 nitrogen and oxygen atoms in total. The smallest absolute Gasteiger partial charge is 0.187 e. The van der Waals surface area contributed by atoms with E-state index < -0.39 is 160 Å². The molecule has 0 aromatic rings. The molecule has 0 spiro atoms. The average Bonchev–Trinajstić information content (AvgIpc) is 3.82. The third-order valence-corrected chi connectivity index (χ3v) is 19.1. The molecule has 5 heterocycles. The molecule has 29 atom stereocenters. The third kappa shape index (κ3) is 9.86. The van der Waals surface area contributed by atoms with Crippen LogP contribution in [0.2, 0.25) is 0 Å². The monoisotopic (exact) mass is 1060 g/mol. The normalized spacial score (nSPS) is 52.9. The molecule has 0 aromatic heterocycles. The van der Waals surface area contributed by atoms with E-state index in [-0.39, 0.29) is 41.8 Å². The van der Waals surface area contributed by atoms with Crippen LogP contribution < -0.4 is 0 Å². The highest BCUT2D eigenvalue weighted by Crippen LogP contribution is 2.70. The largest absolute Gasteiger partial charge is 0.494 e. The van der Waals surface area contributed by atoms with Crippen LogP contribution in [-0.2, 0) is 42.6 Å². The van der Waals surface area contributed by atoms with Crippen molar-refractivity contribution in [1.82, 2.24) is 0 Å². The minimum absolute atomic E-state index is 0.00496. The van der Waals surface area contributed by atoms with Crippen molar-refractivity contribution < 1.29 is 114 Å². The minimum Gasteiger partial charge on any atom is -0.494 e. The molecule has 424 valence electrons. The number of hydrogen-bond donors (Lipinski definition) is 14. The molecule has 0 unspecified atom stereocenters. The van der Waals surface area contributed by atoms with E-state index in [1.165, 1.54) is 6.92 Å². The van der Waals surface area contributed by atoms with E-state index >= 15 is 0 Å². The van der Waals surface area contributed by atoms with Gasteiger partial charge in [-0.25, -0.2) is 0 Å². The molecule has 9 rings (SSSR count). The van der Waals surface area contributed by atoms with Crippen molar-refractivity contribution >= 4 is 0 Å². The van der Waals surface area contributed by atoms with Crippen LogP contribution in [-0.4, -0.2) is 239 Å². The van der Waals surface area contributed by atoms with Crippen LogP contribution in [0.3, 0.4) is 0 Å². The van der Waals surface area contributed by atoms with Gasteiger partial charge in [-0.1, -0.05) is 32.4 Å². The standard InChI is InChI=1S/C51H82O23/c1-20(19-66-45-40(62)38(60)34(56)29(16-52)70-45)6-9-27-21(2)32-28(69-27)15-51(65)26-8-7-23-14-24(10-12-49(23,4)25(26)11-13-50(32,51)5)68-48-44(74-46-41(63)37(59)33(55)22(3)67-46)43(36(58)31(18-54)72-48)73-47-42(64)39(61)35(57)30(17-53)71-47/h7,20,22,24-26,28-48,52-65H,6,8-19H2,1-5H3/t20-,22+,24+,25+,26-,28+,29-,30-,31-,32+,33+,34-,35-,36-,37-,38+,39+,40-,41-,42-,43+,44-,45-,46+,47+,48-,49+,50-,51-/m1/s1. The number of hydrogen-bond acceptors (Lipinski definition) is 23. The van der Waals surface area contributed by atoms with Gasteiger partial charge in [-0.3, -0.25) is 0 Å². The molecular formula is C51H82O23. The van der Waals surface area contributed by atoms with Gasteiger partial charge in [0, 0.05) is 24.2 Å². The highest BCUT2D eigenvalue weighted by Gasteiger charge is 2.71. The third-order valence-electron chi connectivity index (χ3n) is 19.1. The number of ether oxygens (including phenoxy) is 9. The fourth-order valence-electron chi connectivity index (χ4n) is 14.5. The summed E-state index contributed by atoms with van der Waals surface area (Å²) in [7, 11) is 0. The highest BCUT2D eigenvalue weighted by atomic mass is 16.8. The number of allylic oxidation sites excluding steroid dienone is 2. The minimum atomic E-state index is -1.89. The van der Waals surface area contributed by atoms with Gasteiger partial charge in [0.05, 0.1) is 50.0 Å². The predicted molar refractivity (Wildman–Crippen MR) is 250 cm³/mol. The second-order valence-corrected chi connectivity index (χ2v) is 23.4. The fraction of sp³-hybridized carbons (Fsp3) is 0.922. The van der Waals surface area contributed by atoms with Gasteiger partial charge >= 0.3 is 0 Å². The molecule has 7 fully saturated rings. The van der Waals surface area contributed by atoms with Crippen molar-refractivity contribution in [2.75, 3.05) is 26.4 Å². The average molecular weight is 1060 g/mol. The highest BCUT2D eigenvalue weighted by molar-refractivity contribution is 5.34. The summed E-state index contributed by atoms with van der Waals surface area (Å²) in [6, 6.07) is 0. The molecule has 5 aliphatic heterocycles. The van der Waals surface area contributed by atoms with Crippen molar-refractivity contribution in [3.63, 3.8) is 0 Å². The van der Waals surface area contributed by atoms with Crippen LogP contribution in [0.25, 0.3) is 0 Å². The first-order valence-corrected chi connectivity index (χ1v) is 26.6. The zero-order valence-electron chi connectivity index (χ0n) is 42.7. The van der Waals surface area contributed by atoms with Crippen molar-refractivity contribution in [1.29, 1.82) is 0 Å². The zero-order chi connectivity index (χ0) is 53.5. The van der Waals surface area contributed by atoms with Gasteiger partial charge in [0.1, 0.15) is 97.7 Å². The SMILES string of the molecule is CC1=C(CC[C@@H](C)CO[C@@H]2O[C@H](CO)[C@@H](O)[C@H](O)[C@H]2O)O[C@H]2C[C@@]3(O)[C@@H]4CC=C5C[C@@H](O[C@@H]6O[C@H](CO)[C@@H](O)[C@H](O[C@@H]7O[C@H](CO)[C@@H](O)[C@H](O)[C@H]7O)[C@H]6O[C@@H]6O[C@@H](C)[C@H](O)[C@@H](O)[C@H]6O)CC[C@]5(C)[C@H]4CC[C@]3(C)[C@@H]12. The van der Waals surface area contributed by atoms with Gasteiger partial charge in [-0.15, -0.1) is 0 Å². The maximum atomic E-state index is 13.1. The fourth-order valence-corrected chi connectivity index (χ4v) is 14.5. The van der Waals surface area contributed by atoms with Crippen LogP contribution in [0.1, 0.15) is 92.4 Å². The lowest BCUT2D eigenvalue weighted by Gasteiger charge is -2.61. The van der Waals surface area contributed by atoms with Crippen molar-refractivity contribution in [3.05, 3.63) is 23.0 Å². The van der Waals surface area contributed by atoms with Gasteiger partial charge in [0.2, 0.25) is 0 Å². The second-order valence-electron chi connectivity index (χ2n) is 23.4. The Bertz CT molecular complexity index is 1990. The van der Waals surface area contributed by atoms with E-state index in [2.05, 4.69) is 26.8 Å². The summed E-state index contributed by atoms with van der Waals surface area (Å²) in [5, 5.41) is 149. The van der Waals surface area contributed by atoms with E-state index in [0.29, 0.717) is 44.9 Å².